The summed E-state index contributed by atoms with van der Waals surface area (Å²) in [7, 11) is 1.90. The number of fused-ring (bicyclic) bond motifs is 1. The number of para-hydroxylation sites is 1. The van der Waals surface area contributed by atoms with Crippen LogP contribution in [0, 0.1) is 0 Å². The molecule has 0 fully saturated rings. The van der Waals surface area contributed by atoms with Crippen LogP contribution in [0.15, 0.2) is 66.7 Å². The zero-order valence-electron chi connectivity index (χ0n) is 14.3. The fourth-order valence-electron chi connectivity index (χ4n) is 2.93. The van der Waals surface area contributed by atoms with Gasteiger partial charge in [-0.05, 0) is 17.7 Å². The molecule has 3 rings (SSSR count). The summed E-state index contributed by atoms with van der Waals surface area (Å²) in [6.45, 7) is 0.699. The average Bonchev–Trinajstić information content (AvgIpc) is 2.98. The number of nitrogens with zero attached hydrogens (tertiary/aromatic N) is 2. The highest BCUT2D eigenvalue weighted by Crippen LogP contribution is 2.19. The number of carbonyl (C=O) groups is 1. The molecule has 0 saturated heterocycles. The second-order valence-corrected chi connectivity index (χ2v) is 5.94. The molecule has 3 aromatic rings. The highest BCUT2D eigenvalue weighted by Gasteiger charge is 2.18. The number of benzene rings is 2. The Hall–Kier alpha value is -2.85. The first-order valence-electron chi connectivity index (χ1n) is 8.37. The van der Waals surface area contributed by atoms with Gasteiger partial charge in [-0.3, -0.25) is 4.79 Å². The van der Waals surface area contributed by atoms with Gasteiger partial charge in [-0.25, -0.2) is 0 Å². The van der Waals surface area contributed by atoms with Crippen molar-refractivity contribution in [2.24, 2.45) is 7.05 Å². The minimum Gasteiger partial charge on any atom is -0.395 e. The summed E-state index contributed by atoms with van der Waals surface area (Å²) in [5, 5.41) is 10.4. The molecule has 1 aromatic heterocycles. The lowest BCUT2D eigenvalue weighted by Gasteiger charge is -2.20. The monoisotopic (exact) mass is 334 g/mol. The third-order valence-corrected chi connectivity index (χ3v) is 4.26. The SMILES string of the molecule is Cn1c(C(=O)N(CC=Cc2ccccc2)CCO)cc2ccccc21. The molecular weight excluding hydrogens is 312 g/mol. The van der Waals surface area contributed by atoms with Gasteiger partial charge in [-0.1, -0.05) is 60.7 Å². The Kier molecular flexibility index (Phi) is 5.31. The molecule has 0 aliphatic heterocycles. The minimum absolute atomic E-state index is 0.0607. The van der Waals surface area contributed by atoms with E-state index in [1.165, 1.54) is 0 Å². The van der Waals surface area contributed by atoms with Crippen molar-refractivity contribution < 1.29 is 9.90 Å². The number of hydrogen-bond acceptors (Lipinski definition) is 2. The van der Waals surface area contributed by atoms with E-state index < -0.39 is 0 Å². The van der Waals surface area contributed by atoms with E-state index in [1.54, 1.807) is 4.90 Å². The molecule has 1 N–H and O–H groups in total. The summed E-state index contributed by atoms with van der Waals surface area (Å²) < 4.78 is 1.91. The van der Waals surface area contributed by atoms with Gasteiger partial charge in [0.25, 0.3) is 5.91 Å². The number of carbonyl (C=O) groups excluding carboxylic acids is 1. The molecule has 0 aliphatic carbocycles. The van der Waals surface area contributed by atoms with E-state index in [1.807, 2.05) is 84.4 Å². The molecular formula is C21H22N2O2. The summed E-state index contributed by atoms with van der Waals surface area (Å²) in [4.78, 5) is 14.6. The average molecular weight is 334 g/mol. The van der Waals surface area contributed by atoms with E-state index in [4.69, 9.17) is 0 Å². The summed E-state index contributed by atoms with van der Waals surface area (Å²) in [6.07, 6.45) is 3.94. The molecule has 1 amide bonds. The number of aryl methyl sites for hydroxylation is 1. The van der Waals surface area contributed by atoms with Crippen LogP contribution in [-0.2, 0) is 7.05 Å². The summed E-state index contributed by atoms with van der Waals surface area (Å²) in [5.74, 6) is -0.0783. The van der Waals surface area contributed by atoms with Gasteiger partial charge in [0, 0.05) is 31.0 Å². The van der Waals surface area contributed by atoms with Crippen molar-refractivity contribution in [2.45, 2.75) is 0 Å². The van der Waals surface area contributed by atoms with Crippen LogP contribution >= 0.6 is 0 Å². The minimum atomic E-state index is -0.0783. The Balaban J connectivity index is 1.80. The van der Waals surface area contributed by atoms with Gasteiger partial charge < -0.3 is 14.6 Å². The molecule has 0 saturated carbocycles. The van der Waals surface area contributed by atoms with Gasteiger partial charge in [0.15, 0.2) is 0 Å². The first-order chi connectivity index (χ1) is 12.2. The van der Waals surface area contributed by atoms with Crippen molar-refractivity contribution in [1.82, 2.24) is 9.47 Å². The first kappa shape index (κ1) is 17.0. The normalized spacial score (nSPS) is 11.3. The van der Waals surface area contributed by atoms with Crippen LogP contribution in [0.4, 0.5) is 0 Å². The number of aliphatic hydroxyl groups is 1. The lowest BCUT2D eigenvalue weighted by atomic mass is 10.2. The number of aliphatic hydroxyl groups excluding tert-OH is 1. The Morgan fingerprint density at radius 3 is 2.56 bits per heavy atom. The van der Waals surface area contributed by atoms with Crippen molar-refractivity contribution in [3.05, 3.63) is 78.0 Å². The standard InChI is InChI=1S/C21H22N2O2/c1-22-19-12-6-5-11-18(19)16-20(22)21(25)23(14-15-24)13-7-10-17-8-3-2-4-9-17/h2-12,16,24H,13-15H2,1H3. The van der Waals surface area contributed by atoms with Gasteiger partial charge in [0.2, 0.25) is 0 Å². The maximum absolute atomic E-state index is 12.9. The lowest BCUT2D eigenvalue weighted by Crippen LogP contribution is -2.34. The van der Waals surface area contributed by atoms with Gasteiger partial charge in [-0.15, -0.1) is 0 Å². The van der Waals surface area contributed by atoms with Crippen molar-refractivity contribution in [1.29, 1.82) is 0 Å². The summed E-state index contributed by atoms with van der Waals surface area (Å²) in [5.41, 5.74) is 2.74. The van der Waals surface area contributed by atoms with Crippen LogP contribution in [0.2, 0.25) is 0 Å². The number of rotatable bonds is 6. The molecule has 0 spiro atoms. The van der Waals surface area contributed by atoms with Crippen LogP contribution in [0.5, 0.6) is 0 Å². The van der Waals surface area contributed by atoms with E-state index >= 15 is 0 Å². The third kappa shape index (κ3) is 3.80. The molecule has 0 radical (unpaired) electrons. The van der Waals surface area contributed by atoms with Crippen LogP contribution in [0.1, 0.15) is 16.1 Å². The first-order valence-corrected chi connectivity index (χ1v) is 8.37. The van der Waals surface area contributed by atoms with Gasteiger partial charge >= 0.3 is 0 Å². The Morgan fingerprint density at radius 2 is 1.84 bits per heavy atom. The van der Waals surface area contributed by atoms with Crippen LogP contribution in [0.3, 0.4) is 0 Å². The van der Waals surface area contributed by atoms with E-state index in [2.05, 4.69) is 0 Å². The predicted molar refractivity (Wildman–Crippen MR) is 101 cm³/mol. The van der Waals surface area contributed by atoms with E-state index in [0.29, 0.717) is 18.8 Å². The van der Waals surface area contributed by atoms with E-state index in [-0.39, 0.29) is 12.5 Å². The molecule has 128 valence electrons. The maximum Gasteiger partial charge on any atom is 0.270 e. The zero-order chi connectivity index (χ0) is 17.6. The van der Waals surface area contributed by atoms with Gasteiger partial charge in [0.05, 0.1) is 6.61 Å². The number of hydrogen-bond donors (Lipinski definition) is 1. The fraction of sp³-hybridized carbons (Fsp3) is 0.190. The largest absolute Gasteiger partial charge is 0.395 e. The van der Waals surface area contributed by atoms with Gasteiger partial charge in [0.1, 0.15) is 5.69 Å². The summed E-state index contributed by atoms with van der Waals surface area (Å²) in [6, 6.07) is 19.8. The third-order valence-electron chi connectivity index (χ3n) is 4.26. The van der Waals surface area contributed by atoms with Crippen molar-refractivity contribution in [3.63, 3.8) is 0 Å². The zero-order valence-corrected chi connectivity index (χ0v) is 14.3. The highest BCUT2D eigenvalue weighted by molar-refractivity contribution is 5.98. The lowest BCUT2D eigenvalue weighted by molar-refractivity contribution is 0.0734. The molecule has 4 nitrogen and oxygen atoms in total. The molecule has 1 heterocycles. The van der Waals surface area contributed by atoms with Crippen molar-refractivity contribution in [2.75, 3.05) is 19.7 Å². The van der Waals surface area contributed by atoms with E-state index in [9.17, 15) is 9.90 Å². The van der Waals surface area contributed by atoms with Crippen molar-refractivity contribution >= 4 is 22.9 Å². The second kappa shape index (κ2) is 7.81. The molecule has 0 bridgehead atoms. The molecule has 25 heavy (non-hydrogen) atoms. The summed E-state index contributed by atoms with van der Waals surface area (Å²) >= 11 is 0. The highest BCUT2D eigenvalue weighted by atomic mass is 16.3. The molecule has 0 aliphatic rings. The quantitative estimate of drug-likeness (QED) is 0.751. The van der Waals surface area contributed by atoms with Gasteiger partial charge in [-0.2, -0.15) is 0 Å². The number of aromatic nitrogens is 1. The predicted octanol–water partition coefficient (Wildman–Crippen LogP) is 3.33. The molecule has 2 aromatic carbocycles. The Labute approximate surface area is 147 Å². The fourth-order valence-corrected chi connectivity index (χ4v) is 2.93. The molecule has 0 atom stereocenters. The second-order valence-electron chi connectivity index (χ2n) is 5.94. The van der Waals surface area contributed by atoms with E-state index in [0.717, 1.165) is 16.5 Å². The maximum atomic E-state index is 12.9. The van der Waals surface area contributed by atoms with Crippen LogP contribution < -0.4 is 0 Å². The van der Waals surface area contributed by atoms with Crippen LogP contribution in [-0.4, -0.2) is 40.2 Å². The molecule has 0 unspecified atom stereocenters. The Morgan fingerprint density at radius 1 is 1.12 bits per heavy atom. The molecule has 4 heteroatoms. The smallest absolute Gasteiger partial charge is 0.270 e. The van der Waals surface area contributed by atoms with Crippen molar-refractivity contribution in [3.8, 4) is 0 Å². The topological polar surface area (TPSA) is 45.5 Å². The number of amides is 1. The van der Waals surface area contributed by atoms with Crippen LogP contribution in [0.25, 0.3) is 17.0 Å². The Bertz CT molecular complexity index is 881.